The molecular weight excluding hydrogens is 238 g/mol. The lowest BCUT2D eigenvalue weighted by atomic mass is 10.0. The number of ether oxygens (including phenoxy) is 1. The highest BCUT2D eigenvalue weighted by molar-refractivity contribution is 5.75. The Hall–Kier alpha value is -2.29. The second-order valence-corrected chi connectivity index (χ2v) is 4.33. The Kier molecular flexibility index (Phi) is 4.18. The number of nitrogen functional groups attached to an aromatic ring is 1. The Labute approximate surface area is 113 Å². The summed E-state index contributed by atoms with van der Waals surface area (Å²) < 4.78 is 5.33. The van der Waals surface area contributed by atoms with E-state index in [-0.39, 0.29) is 5.97 Å². The van der Waals surface area contributed by atoms with Gasteiger partial charge in [0.05, 0.1) is 5.69 Å². The number of rotatable bonds is 4. The van der Waals surface area contributed by atoms with Gasteiger partial charge in [-0.05, 0) is 11.6 Å². The quantitative estimate of drug-likeness (QED) is 0.518. The van der Waals surface area contributed by atoms with Crippen molar-refractivity contribution in [3.63, 3.8) is 0 Å². The highest BCUT2D eigenvalue weighted by Gasteiger charge is 2.11. The fourth-order valence-corrected chi connectivity index (χ4v) is 1.87. The van der Waals surface area contributed by atoms with Crippen LogP contribution in [-0.4, -0.2) is 5.97 Å². The van der Waals surface area contributed by atoms with E-state index in [2.05, 4.69) is 0 Å². The summed E-state index contributed by atoms with van der Waals surface area (Å²) in [6.07, 6.45) is 1.03. The van der Waals surface area contributed by atoms with Gasteiger partial charge in [-0.25, -0.2) is 0 Å². The summed E-state index contributed by atoms with van der Waals surface area (Å²) >= 11 is 0. The lowest BCUT2D eigenvalue weighted by Crippen LogP contribution is -2.09. The SMILES string of the molecule is CCC(=O)Oc1c(N)cccc1Cc1ccccc1. The van der Waals surface area contributed by atoms with Crippen LogP contribution >= 0.6 is 0 Å². The monoisotopic (exact) mass is 255 g/mol. The molecule has 0 aliphatic carbocycles. The minimum absolute atomic E-state index is 0.271. The third kappa shape index (κ3) is 3.35. The first kappa shape index (κ1) is 13.1. The minimum Gasteiger partial charge on any atom is -0.424 e. The third-order valence-corrected chi connectivity index (χ3v) is 2.87. The van der Waals surface area contributed by atoms with E-state index < -0.39 is 0 Å². The first-order valence-corrected chi connectivity index (χ1v) is 6.32. The standard InChI is InChI=1S/C16H17NO2/c1-2-15(18)19-16-13(9-6-10-14(16)17)11-12-7-4-3-5-8-12/h3-10H,2,11,17H2,1H3. The van der Waals surface area contributed by atoms with Gasteiger partial charge in [0.2, 0.25) is 0 Å². The Balaban J connectivity index is 2.29. The molecule has 2 aromatic carbocycles. The maximum Gasteiger partial charge on any atom is 0.310 e. The zero-order chi connectivity index (χ0) is 13.7. The van der Waals surface area contributed by atoms with E-state index in [0.29, 0.717) is 24.3 Å². The Morgan fingerprint density at radius 1 is 1.11 bits per heavy atom. The molecule has 98 valence electrons. The molecule has 0 heterocycles. The van der Waals surface area contributed by atoms with Crippen molar-refractivity contribution in [1.29, 1.82) is 0 Å². The van der Waals surface area contributed by atoms with E-state index in [9.17, 15) is 4.79 Å². The first-order chi connectivity index (χ1) is 9.20. The molecule has 19 heavy (non-hydrogen) atoms. The van der Waals surface area contributed by atoms with Gasteiger partial charge in [0.1, 0.15) is 0 Å². The molecule has 0 amide bonds. The number of carbonyl (C=O) groups excluding carboxylic acids is 1. The molecule has 0 saturated heterocycles. The van der Waals surface area contributed by atoms with Crippen molar-refractivity contribution in [1.82, 2.24) is 0 Å². The summed E-state index contributed by atoms with van der Waals surface area (Å²) in [5.74, 6) is 0.213. The van der Waals surface area contributed by atoms with Crippen molar-refractivity contribution < 1.29 is 9.53 Å². The van der Waals surface area contributed by atoms with Crippen LogP contribution in [0.25, 0.3) is 0 Å². The molecule has 0 spiro atoms. The number of benzene rings is 2. The average molecular weight is 255 g/mol. The fraction of sp³-hybridized carbons (Fsp3) is 0.188. The lowest BCUT2D eigenvalue weighted by molar-refractivity contribution is -0.134. The Morgan fingerprint density at radius 2 is 1.84 bits per heavy atom. The second kappa shape index (κ2) is 6.05. The van der Waals surface area contributed by atoms with Gasteiger partial charge in [0, 0.05) is 18.4 Å². The van der Waals surface area contributed by atoms with Gasteiger partial charge in [-0.1, -0.05) is 49.4 Å². The molecular formula is C16H17NO2. The van der Waals surface area contributed by atoms with Crippen LogP contribution < -0.4 is 10.5 Å². The van der Waals surface area contributed by atoms with Gasteiger partial charge < -0.3 is 10.5 Å². The van der Waals surface area contributed by atoms with Crippen molar-refractivity contribution in [2.75, 3.05) is 5.73 Å². The van der Waals surface area contributed by atoms with E-state index in [1.807, 2.05) is 42.5 Å². The maximum atomic E-state index is 11.5. The minimum atomic E-state index is -0.271. The number of carbonyl (C=O) groups is 1. The summed E-state index contributed by atoms with van der Waals surface area (Å²) in [4.78, 5) is 11.5. The highest BCUT2D eigenvalue weighted by atomic mass is 16.5. The lowest BCUT2D eigenvalue weighted by Gasteiger charge is -2.12. The van der Waals surface area contributed by atoms with E-state index in [4.69, 9.17) is 10.5 Å². The van der Waals surface area contributed by atoms with Crippen LogP contribution in [0.3, 0.4) is 0 Å². The average Bonchev–Trinajstić information content (AvgIpc) is 2.43. The van der Waals surface area contributed by atoms with Crippen LogP contribution in [0.15, 0.2) is 48.5 Å². The molecule has 0 bridgehead atoms. The molecule has 2 rings (SSSR count). The van der Waals surface area contributed by atoms with Crippen molar-refractivity contribution in [3.05, 3.63) is 59.7 Å². The molecule has 0 aliphatic rings. The zero-order valence-electron chi connectivity index (χ0n) is 10.9. The predicted octanol–water partition coefficient (Wildman–Crippen LogP) is 3.18. The predicted molar refractivity (Wildman–Crippen MR) is 76.0 cm³/mol. The van der Waals surface area contributed by atoms with Gasteiger partial charge in [-0.2, -0.15) is 0 Å². The fourth-order valence-electron chi connectivity index (χ4n) is 1.87. The largest absolute Gasteiger partial charge is 0.424 e. The smallest absolute Gasteiger partial charge is 0.310 e. The van der Waals surface area contributed by atoms with Gasteiger partial charge in [0.25, 0.3) is 0 Å². The van der Waals surface area contributed by atoms with Crippen molar-refractivity contribution in [2.24, 2.45) is 0 Å². The van der Waals surface area contributed by atoms with Crippen LogP contribution in [0.4, 0.5) is 5.69 Å². The molecule has 0 atom stereocenters. The van der Waals surface area contributed by atoms with E-state index in [1.54, 1.807) is 13.0 Å². The molecule has 2 aromatic rings. The molecule has 0 saturated carbocycles. The van der Waals surface area contributed by atoms with Crippen LogP contribution in [0.5, 0.6) is 5.75 Å². The van der Waals surface area contributed by atoms with E-state index in [0.717, 1.165) is 11.1 Å². The third-order valence-electron chi connectivity index (χ3n) is 2.87. The number of nitrogens with two attached hydrogens (primary N) is 1. The molecule has 0 aliphatic heterocycles. The van der Waals surface area contributed by atoms with E-state index in [1.165, 1.54) is 0 Å². The van der Waals surface area contributed by atoms with Crippen LogP contribution in [0.1, 0.15) is 24.5 Å². The highest BCUT2D eigenvalue weighted by Crippen LogP contribution is 2.28. The molecule has 0 aromatic heterocycles. The molecule has 0 radical (unpaired) electrons. The summed E-state index contributed by atoms with van der Waals surface area (Å²) in [5, 5.41) is 0. The number of para-hydroxylation sites is 1. The number of hydrogen-bond acceptors (Lipinski definition) is 3. The van der Waals surface area contributed by atoms with Gasteiger partial charge in [0.15, 0.2) is 5.75 Å². The van der Waals surface area contributed by atoms with Gasteiger partial charge in [-0.3, -0.25) is 4.79 Å². The Morgan fingerprint density at radius 3 is 2.53 bits per heavy atom. The van der Waals surface area contributed by atoms with Crippen molar-refractivity contribution >= 4 is 11.7 Å². The van der Waals surface area contributed by atoms with Crippen molar-refractivity contribution in [2.45, 2.75) is 19.8 Å². The first-order valence-electron chi connectivity index (χ1n) is 6.32. The maximum absolute atomic E-state index is 11.5. The summed E-state index contributed by atoms with van der Waals surface area (Å²) in [5.41, 5.74) is 8.47. The van der Waals surface area contributed by atoms with Crippen LogP contribution in [0, 0.1) is 0 Å². The molecule has 2 N–H and O–H groups in total. The summed E-state index contributed by atoms with van der Waals surface area (Å²) in [6.45, 7) is 1.76. The topological polar surface area (TPSA) is 52.3 Å². The van der Waals surface area contributed by atoms with E-state index >= 15 is 0 Å². The van der Waals surface area contributed by atoms with Crippen molar-refractivity contribution in [3.8, 4) is 5.75 Å². The van der Waals surface area contributed by atoms with Crippen LogP contribution in [0.2, 0.25) is 0 Å². The number of esters is 1. The van der Waals surface area contributed by atoms with Gasteiger partial charge >= 0.3 is 5.97 Å². The summed E-state index contributed by atoms with van der Waals surface area (Å²) in [7, 11) is 0. The molecule has 3 nitrogen and oxygen atoms in total. The number of anilines is 1. The van der Waals surface area contributed by atoms with Gasteiger partial charge in [-0.15, -0.1) is 0 Å². The normalized spacial score (nSPS) is 10.2. The molecule has 3 heteroatoms. The zero-order valence-corrected chi connectivity index (χ0v) is 10.9. The molecule has 0 unspecified atom stereocenters. The number of hydrogen-bond donors (Lipinski definition) is 1. The summed E-state index contributed by atoms with van der Waals surface area (Å²) in [6, 6.07) is 15.6. The molecule has 0 fully saturated rings. The second-order valence-electron chi connectivity index (χ2n) is 4.33. The van der Waals surface area contributed by atoms with Crippen LogP contribution in [-0.2, 0) is 11.2 Å². The Bertz CT molecular complexity index is 564.